The van der Waals surface area contributed by atoms with Crippen LogP contribution in [-0.2, 0) is 0 Å². The second-order valence-corrected chi connectivity index (χ2v) is 5.48. The first-order valence-corrected chi connectivity index (χ1v) is 7.34. The van der Waals surface area contributed by atoms with Crippen LogP contribution >= 0.6 is 15.9 Å². The van der Waals surface area contributed by atoms with Crippen LogP contribution in [0.1, 0.15) is 16.1 Å². The first-order valence-electron chi connectivity index (χ1n) is 6.22. The Morgan fingerprint density at radius 1 is 1.33 bits per heavy atom. The number of fused-ring (bicyclic) bond motifs is 1. The molecule has 0 N–H and O–H groups in total. The van der Waals surface area contributed by atoms with Crippen molar-refractivity contribution in [3.63, 3.8) is 0 Å². The fraction of sp³-hybridized carbons (Fsp3) is 0.357. The van der Waals surface area contributed by atoms with E-state index in [0.717, 1.165) is 10.5 Å². The Balaban J connectivity index is 2.29. The minimum absolute atomic E-state index is 0.0472. The number of alkyl halides is 4. The maximum absolute atomic E-state index is 12.5. The van der Waals surface area contributed by atoms with E-state index in [0.29, 0.717) is 11.0 Å². The van der Waals surface area contributed by atoms with E-state index >= 15 is 0 Å². The minimum Gasteiger partial charge on any atom is -0.451 e. The fourth-order valence-electron chi connectivity index (χ4n) is 1.99. The summed E-state index contributed by atoms with van der Waals surface area (Å²) in [5.74, 6) is -0.846. The molecule has 0 saturated heterocycles. The number of benzene rings is 1. The van der Waals surface area contributed by atoms with Crippen LogP contribution in [0, 0.1) is 6.92 Å². The molecule has 2 aromatic rings. The Hall–Kier alpha value is -1.50. The maximum Gasteiger partial charge on any atom is 0.406 e. The van der Waals surface area contributed by atoms with Crippen LogP contribution in [0.2, 0.25) is 0 Å². The van der Waals surface area contributed by atoms with E-state index in [4.69, 9.17) is 4.42 Å². The molecule has 1 aromatic carbocycles. The summed E-state index contributed by atoms with van der Waals surface area (Å²) in [7, 11) is 0. The number of nitrogens with zero attached hydrogens (tertiary/aromatic N) is 1. The predicted molar refractivity (Wildman–Crippen MR) is 76.7 cm³/mol. The zero-order valence-electron chi connectivity index (χ0n) is 11.2. The van der Waals surface area contributed by atoms with Gasteiger partial charge in [-0.3, -0.25) is 4.79 Å². The predicted octanol–water partition coefficient (Wildman–Crippen LogP) is 4.14. The number of rotatable bonds is 4. The van der Waals surface area contributed by atoms with Crippen molar-refractivity contribution in [2.24, 2.45) is 0 Å². The molecule has 0 unspecified atom stereocenters. The van der Waals surface area contributed by atoms with Gasteiger partial charge in [-0.1, -0.05) is 27.6 Å². The van der Waals surface area contributed by atoms with E-state index in [2.05, 4.69) is 15.9 Å². The standard InChI is InChI=1S/C14H13BrF3NO2/c1-9-2-3-11-10(6-9)7-12(21-11)13(20)19(5-4-15)8-14(16,17)18/h2-3,6-7H,4-5,8H2,1H3. The Bertz CT molecular complexity index is 651. The quantitative estimate of drug-likeness (QED) is 0.764. The van der Waals surface area contributed by atoms with Crippen molar-refractivity contribution >= 4 is 32.8 Å². The monoisotopic (exact) mass is 363 g/mol. The van der Waals surface area contributed by atoms with Crippen LogP contribution in [0.4, 0.5) is 13.2 Å². The summed E-state index contributed by atoms with van der Waals surface area (Å²) in [6.45, 7) is 0.538. The summed E-state index contributed by atoms with van der Waals surface area (Å²) in [5.41, 5.74) is 1.46. The smallest absolute Gasteiger partial charge is 0.406 e. The van der Waals surface area contributed by atoms with Crippen molar-refractivity contribution in [3.8, 4) is 0 Å². The molecule has 0 fully saturated rings. The molecule has 21 heavy (non-hydrogen) atoms. The van der Waals surface area contributed by atoms with Crippen LogP contribution in [-0.4, -0.2) is 35.4 Å². The molecule has 1 amide bonds. The van der Waals surface area contributed by atoms with Gasteiger partial charge >= 0.3 is 6.18 Å². The minimum atomic E-state index is -4.44. The number of hydrogen-bond donors (Lipinski definition) is 0. The van der Waals surface area contributed by atoms with Gasteiger partial charge in [0.25, 0.3) is 5.91 Å². The Morgan fingerprint density at radius 2 is 2.05 bits per heavy atom. The zero-order valence-corrected chi connectivity index (χ0v) is 12.8. The van der Waals surface area contributed by atoms with Gasteiger partial charge in [-0.2, -0.15) is 13.2 Å². The molecule has 0 bridgehead atoms. The lowest BCUT2D eigenvalue weighted by molar-refractivity contribution is -0.140. The number of carbonyl (C=O) groups is 1. The molecule has 0 aliphatic heterocycles. The molecule has 1 aromatic heterocycles. The lowest BCUT2D eigenvalue weighted by Crippen LogP contribution is -2.39. The third-order valence-corrected chi connectivity index (χ3v) is 3.25. The van der Waals surface area contributed by atoms with Crippen LogP contribution in [0.25, 0.3) is 11.0 Å². The molecular formula is C14H13BrF3NO2. The average Bonchev–Trinajstić information content (AvgIpc) is 2.78. The summed E-state index contributed by atoms with van der Waals surface area (Å²) >= 11 is 3.05. The van der Waals surface area contributed by atoms with E-state index in [1.165, 1.54) is 6.07 Å². The zero-order chi connectivity index (χ0) is 15.6. The van der Waals surface area contributed by atoms with Crippen molar-refractivity contribution in [2.45, 2.75) is 13.1 Å². The van der Waals surface area contributed by atoms with Crippen molar-refractivity contribution in [1.29, 1.82) is 0 Å². The van der Waals surface area contributed by atoms with Crippen molar-refractivity contribution < 1.29 is 22.4 Å². The van der Waals surface area contributed by atoms with E-state index < -0.39 is 18.6 Å². The number of hydrogen-bond acceptors (Lipinski definition) is 2. The number of carbonyl (C=O) groups excluding carboxylic acids is 1. The van der Waals surface area contributed by atoms with Gasteiger partial charge in [0.1, 0.15) is 12.1 Å². The molecule has 7 heteroatoms. The first-order chi connectivity index (χ1) is 9.80. The number of halogens is 4. The number of amides is 1. The normalized spacial score (nSPS) is 11.9. The summed E-state index contributed by atoms with van der Waals surface area (Å²) in [4.78, 5) is 12.9. The van der Waals surface area contributed by atoms with E-state index in [1.807, 2.05) is 19.1 Å². The van der Waals surface area contributed by atoms with Gasteiger partial charge in [-0.25, -0.2) is 0 Å². The first kappa shape index (κ1) is 15.9. The summed E-state index contributed by atoms with van der Waals surface area (Å²) in [6.07, 6.45) is -4.44. The van der Waals surface area contributed by atoms with Crippen LogP contribution in [0.15, 0.2) is 28.7 Å². The number of aryl methyl sites for hydroxylation is 1. The van der Waals surface area contributed by atoms with Gasteiger partial charge < -0.3 is 9.32 Å². The molecule has 3 nitrogen and oxygen atoms in total. The highest BCUT2D eigenvalue weighted by atomic mass is 79.9. The number of furan rings is 1. The molecule has 114 valence electrons. The van der Waals surface area contributed by atoms with Crippen LogP contribution < -0.4 is 0 Å². The van der Waals surface area contributed by atoms with E-state index in [9.17, 15) is 18.0 Å². The molecule has 0 atom stereocenters. The molecular weight excluding hydrogens is 351 g/mol. The molecule has 0 saturated carbocycles. The fourth-order valence-corrected chi connectivity index (χ4v) is 2.42. The molecule has 0 radical (unpaired) electrons. The third kappa shape index (κ3) is 4.00. The second-order valence-electron chi connectivity index (χ2n) is 4.68. The molecule has 0 aliphatic carbocycles. The summed E-state index contributed by atoms with van der Waals surface area (Å²) in [6, 6.07) is 6.79. The average molecular weight is 364 g/mol. The topological polar surface area (TPSA) is 33.5 Å². The molecule has 1 heterocycles. The van der Waals surface area contributed by atoms with Crippen LogP contribution in [0.5, 0.6) is 0 Å². The van der Waals surface area contributed by atoms with E-state index in [1.54, 1.807) is 6.07 Å². The summed E-state index contributed by atoms with van der Waals surface area (Å²) in [5, 5.41) is 0.956. The highest BCUT2D eigenvalue weighted by molar-refractivity contribution is 9.09. The SMILES string of the molecule is Cc1ccc2oc(C(=O)N(CCBr)CC(F)(F)F)cc2c1. The lowest BCUT2D eigenvalue weighted by Gasteiger charge is -2.21. The van der Waals surface area contributed by atoms with Gasteiger partial charge in [0.2, 0.25) is 0 Å². The van der Waals surface area contributed by atoms with Crippen molar-refractivity contribution in [3.05, 3.63) is 35.6 Å². The lowest BCUT2D eigenvalue weighted by atomic mass is 10.2. The highest BCUT2D eigenvalue weighted by Crippen LogP contribution is 2.23. The molecule has 2 rings (SSSR count). The third-order valence-electron chi connectivity index (χ3n) is 2.89. The van der Waals surface area contributed by atoms with E-state index in [-0.39, 0.29) is 17.6 Å². The Labute approximate surface area is 127 Å². The van der Waals surface area contributed by atoms with Gasteiger partial charge in [0.05, 0.1) is 0 Å². The van der Waals surface area contributed by atoms with Gasteiger partial charge in [-0.05, 0) is 25.1 Å². The highest BCUT2D eigenvalue weighted by Gasteiger charge is 2.34. The van der Waals surface area contributed by atoms with Crippen LogP contribution in [0.3, 0.4) is 0 Å². The van der Waals surface area contributed by atoms with Gasteiger partial charge in [0, 0.05) is 17.3 Å². The van der Waals surface area contributed by atoms with Crippen molar-refractivity contribution in [2.75, 3.05) is 18.4 Å². The molecule has 0 aliphatic rings. The largest absolute Gasteiger partial charge is 0.451 e. The maximum atomic E-state index is 12.5. The van der Waals surface area contributed by atoms with Gasteiger partial charge in [-0.15, -0.1) is 0 Å². The second kappa shape index (κ2) is 6.09. The van der Waals surface area contributed by atoms with Crippen molar-refractivity contribution in [1.82, 2.24) is 4.90 Å². The Kier molecular flexibility index (Phi) is 4.61. The van der Waals surface area contributed by atoms with Gasteiger partial charge in [0.15, 0.2) is 5.76 Å². The Morgan fingerprint density at radius 3 is 2.67 bits per heavy atom. The summed E-state index contributed by atoms with van der Waals surface area (Å²) < 4.78 is 42.9. The molecule has 0 spiro atoms.